The average Bonchev–Trinajstić information content (AvgIpc) is 3.56. The molecule has 28 heavy (non-hydrogen) atoms. The quantitative estimate of drug-likeness (QED) is 0.811. The average molecular weight is 378 g/mol. The molecule has 146 valence electrons. The second kappa shape index (κ2) is 8.52. The summed E-state index contributed by atoms with van der Waals surface area (Å²) in [6.07, 6.45) is 5.60. The first-order valence-electron chi connectivity index (χ1n) is 10.0. The molecule has 4 rings (SSSR count). The Morgan fingerprint density at radius 2 is 1.86 bits per heavy atom. The van der Waals surface area contributed by atoms with Crippen LogP contribution in [0.5, 0.6) is 0 Å². The maximum absolute atomic E-state index is 12.6. The van der Waals surface area contributed by atoms with Crippen molar-refractivity contribution in [2.75, 3.05) is 18.4 Å². The normalized spacial score (nSPS) is 17.9. The number of aromatic nitrogens is 1. The lowest BCUT2D eigenvalue weighted by Crippen LogP contribution is -2.44. The van der Waals surface area contributed by atoms with Crippen LogP contribution in [-0.4, -0.2) is 40.8 Å². The van der Waals surface area contributed by atoms with Crippen molar-refractivity contribution in [1.82, 2.24) is 15.2 Å². The molecule has 2 N–H and O–H groups in total. The Labute approximate surface area is 165 Å². The highest BCUT2D eigenvalue weighted by molar-refractivity contribution is 5.98. The second-order valence-corrected chi connectivity index (χ2v) is 7.69. The van der Waals surface area contributed by atoms with Crippen molar-refractivity contribution in [3.63, 3.8) is 0 Å². The summed E-state index contributed by atoms with van der Waals surface area (Å²) in [4.78, 5) is 31.3. The minimum atomic E-state index is -0.0781. The molecule has 2 amide bonds. The van der Waals surface area contributed by atoms with Crippen molar-refractivity contribution in [3.8, 4) is 0 Å². The molecule has 2 aliphatic rings. The van der Waals surface area contributed by atoms with Crippen LogP contribution in [0.1, 0.15) is 41.7 Å². The predicted molar refractivity (Wildman–Crippen MR) is 108 cm³/mol. The topological polar surface area (TPSA) is 74.3 Å². The fraction of sp³-hybridized carbons (Fsp3) is 0.409. The Bertz CT molecular complexity index is 827. The van der Waals surface area contributed by atoms with Gasteiger partial charge >= 0.3 is 0 Å². The number of rotatable bonds is 6. The summed E-state index contributed by atoms with van der Waals surface area (Å²) in [5, 5.41) is 6.04. The van der Waals surface area contributed by atoms with E-state index in [0.29, 0.717) is 11.3 Å². The molecule has 0 radical (unpaired) electrons. The number of benzene rings is 1. The molecule has 6 nitrogen and oxygen atoms in total. The number of likely N-dealkylation sites (tertiary alicyclic amines) is 1. The number of hydrogen-bond acceptors (Lipinski definition) is 4. The Hall–Kier alpha value is -2.73. The van der Waals surface area contributed by atoms with E-state index >= 15 is 0 Å². The lowest BCUT2D eigenvalue weighted by atomic mass is 10.0. The van der Waals surface area contributed by atoms with Crippen LogP contribution in [0.2, 0.25) is 0 Å². The van der Waals surface area contributed by atoms with E-state index in [1.165, 1.54) is 0 Å². The summed E-state index contributed by atoms with van der Waals surface area (Å²) in [7, 11) is 0. The number of carbonyl (C=O) groups excluding carboxylic acids is 2. The lowest BCUT2D eigenvalue weighted by molar-refractivity contribution is -0.117. The molecule has 1 saturated heterocycles. The van der Waals surface area contributed by atoms with E-state index in [1.54, 1.807) is 12.1 Å². The summed E-state index contributed by atoms with van der Waals surface area (Å²) >= 11 is 0. The zero-order chi connectivity index (χ0) is 19.3. The number of carbonyl (C=O) groups is 2. The van der Waals surface area contributed by atoms with Gasteiger partial charge in [0.15, 0.2) is 0 Å². The molecule has 2 aromatic rings. The van der Waals surface area contributed by atoms with Gasteiger partial charge in [-0.3, -0.25) is 19.5 Å². The third kappa shape index (κ3) is 4.95. The number of amides is 2. The van der Waals surface area contributed by atoms with Crippen LogP contribution in [0.4, 0.5) is 5.69 Å². The van der Waals surface area contributed by atoms with Crippen molar-refractivity contribution < 1.29 is 9.59 Å². The van der Waals surface area contributed by atoms with Gasteiger partial charge in [-0.1, -0.05) is 12.1 Å². The summed E-state index contributed by atoms with van der Waals surface area (Å²) in [5.74, 6) is 0.122. The number of piperidine rings is 1. The zero-order valence-corrected chi connectivity index (χ0v) is 15.9. The van der Waals surface area contributed by atoms with Gasteiger partial charge in [-0.25, -0.2) is 0 Å². The van der Waals surface area contributed by atoms with Gasteiger partial charge in [-0.2, -0.15) is 0 Å². The first-order chi connectivity index (χ1) is 13.7. The predicted octanol–water partition coefficient (Wildman–Crippen LogP) is 2.82. The van der Waals surface area contributed by atoms with Crippen molar-refractivity contribution in [3.05, 3.63) is 59.9 Å². The lowest BCUT2D eigenvalue weighted by Gasteiger charge is -2.32. The molecule has 0 unspecified atom stereocenters. The van der Waals surface area contributed by atoms with E-state index < -0.39 is 0 Å². The van der Waals surface area contributed by atoms with Gasteiger partial charge in [0.2, 0.25) is 5.91 Å². The smallest absolute Gasteiger partial charge is 0.251 e. The molecule has 1 aliphatic carbocycles. The van der Waals surface area contributed by atoms with Gasteiger partial charge in [-0.05, 0) is 56.0 Å². The number of pyridine rings is 1. The van der Waals surface area contributed by atoms with Crippen LogP contribution in [0.15, 0.2) is 48.7 Å². The Morgan fingerprint density at radius 3 is 2.57 bits per heavy atom. The van der Waals surface area contributed by atoms with Crippen LogP contribution in [0.25, 0.3) is 0 Å². The number of anilines is 1. The molecule has 1 aliphatic heterocycles. The minimum absolute atomic E-state index is 0.0536. The van der Waals surface area contributed by atoms with E-state index in [-0.39, 0.29) is 23.8 Å². The molecule has 6 heteroatoms. The number of nitrogens with one attached hydrogen (secondary N) is 2. The number of hydrogen-bond donors (Lipinski definition) is 2. The third-order valence-corrected chi connectivity index (χ3v) is 5.37. The van der Waals surface area contributed by atoms with E-state index in [2.05, 4.69) is 20.5 Å². The van der Waals surface area contributed by atoms with Crippen molar-refractivity contribution in [1.29, 1.82) is 0 Å². The summed E-state index contributed by atoms with van der Waals surface area (Å²) in [6.45, 7) is 2.74. The fourth-order valence-corrected chi connectivity index (χ4v) is 3.55. The maximum atomic E-state index is 12.6. The van der Waals surface area contributed by atoms with Crippen molar-refractivity contribution in [2.45, 2.75) is 38.3 Å². The summed E-state index contributed by atoms with van der Waals surface area (Å²) in [5.41, 5.74) is 2.36. The molecule has 1 aromatic carbocycles. The monoisotopic (exact) mass is 378 g/mol. The Kier molecular flexibility index (Phi) is 5.67. The largest absolute Gasteiger partial charge is 0.349 e. The molecule has 2 fully saturated rings. The highest BCUT2D eigenvalue weighted by Gasteiger charge is 2.29. The van der Waals surface area contributed by atoms with E-state index in [9.17, 15) is 9.59 Å². The summed E-state index contributed by atoms with van der Waals surface area (Å²) < 4.78 is 0. The molecule has 1 aromatic heterocycles. The highest BCUT2D eigenvalue weighted by atomic mass is 16.2. The first kappa shape index (κ1) is 18.6. The standard InChI is InChI=1S/C22H26N4O2/c27-21(16-7-8-16)25-19-6-3-4-17(14-19)22(28)24-18-9-12-26(13-10-18)15-20-5-1-2-11-23-20/h1-6,11,14,16,18H,7-10,12-13,15H2,(H,24,28)(H,25,27). The van der Waals surface area contributed by atoms with Crippen LogP contribution in [0, 0.1) is 5.92 Å². The SMILES string of the molecule is O=C(NC1CCN(Cc2ccccn2)CC1)c1cccc(NC(=O)C2CC2)c1. The third-order valence-electron chi connectivity index (χ3n) is 5.37. The molecule has 0 spiro atoms. The van der Waals surface area contributed by atoms with Crippen LogP contribution >= 0.6 is 0 Å². The number of nitrogens with zero attached hydrogens (tertiary/aromatic N) is 2. The van der Waals surface area contributed by atoms with E-state index in [1.807, 2.05) is 36.5 Å². The van der Waals surface area contributed by atoms with Crippen LogP contribution < -0.4 is 10.6 Å². The van der Waals surface area contributed by atoms with Gasteiger partial charge in [0.25, 0.3) is 5.91 Å². The van der Waals surface area contributed by atoms with Crippen LogP contribution in [-0.2, 0) is 11.3 Å². The fourth-order valence-electron chi connectivity index (χ4n) is 3.55. The zero-order valence-electron chi connectivity index (χ0n) is 15.9. The minimum Gasteiger partial charge on any atom is -0.349 e. The Balaban J connectivity index is 1.27. The molecule has 1 saturated carbocycles. The van der Waals surface area contributed by atoms with Gasteiger partial charge in [0.1, 0.15) is 0 Å². The molecule has 2 heterocycles. The van der Waals surface area contributed by atoms with Gasteiger partial charge in [0.05, 0.1) is 5.69 Å². The second-order valence-electron chi connectivity index (χ2n) is 7.69. The van der Waals surface area contributed by atoms with E-state index in [4.69, 9.17) is 0 Å². The van der Waals surface area contributed by atoms with Gasteiger partial charge in [-0.15, -0.1) is 0 Å². The molecular weight excluding hydrogens is 352 g/mol. The van der Waals surface area contributed by atoms with Crippen LogP contribution in [0.3, 0.4) is 0 Å². The molecular formula is C22H26N4O2. The highest BCUT2D eigenvalue weighted by Crippen LogP contribution is 2.30. The van der Waals surface area contributed by atoms with Crippen molar-refractivity contribution >= 4 is 17.5 Å². The van der Waals surface area contributed by atoms with Gasteiger partial charge in [0, 0.05) is 49.0 Å². The van der Waals surface area contributed by atoms with Crippen molar-refractivity contribution in [2.24, 2.45) is 5.92 Å². The van der Waals surface area contributed by atoms with Gasteiger partial charge < -0.3 is 10.6 Å². The maximum Gasteiger partial charge on any atom is 0.251 e. The van der Waals surface area contributed by atoms with E-state index in [0.717, 1.165) is 51.0 Å². The molecule has 0 atom stereocenters. The Morgan fingerprint density at radius 1 is 1.04 bits per heavy atom. The molecule has 0 bridgehead atoms. The first-order valence-corrected chi connectivity index (χ1v) is 10.0. The summed E-state index contributed by atoms with van der Waals surface area (Å²) in [6, 6.07) is 13.3.